The van der Waals surface area contributed by atoms with Crippen molar-refractivity contribution in [1.29, 1.82) is 0 Å². The van der Waals surface area contributed by atoms with E-state index in [1.165, 1.54) is 11.3 Å². The first-order valence-corrected chi connectivity index (χ1v) is 6.89. The van der Waals surface area contributed by atoms with E-state index in [1.54, 1.807) is 0 Å². The molecule has 0 aliphatic heterocycles. The van der Waals surface area contributed by atoms with Gasteiger partial charge in [0.1, 0.15) is 5.01 Å². The molecule has 3 N–H and O–H groups in total. The first-order chi connectivity index (χ1) is 8.56. The lowest BCUT2D eigenvalue weighted by atomic mass is 10.0. The summed E-state index contributed by atoms with van der Waals surface area (Å²) in [7, 11) is 0. The van der Waals surface area contributed by atoms with Crippen LogP contribution in [0, 0.1) is 5.92 Å². The molecule has 0 radical (unpaired) electrons. The van der Waals surface area contributed by atoms with Gasteiger partial charge in [-0.25, -0.2) is 4.79 Å². The normalized spacial score (nSPS) is 12.5. The van der Waals surface area contributed by atoms with Crippen LogP contribution in [0.1, 0.15) is 32.2 Å². The monoisotopic (exact) mass is 272 g/mol. The first-order valence-electron chi connectivity index (χ1n) is 6.07. The Morgan fingerprint density at radius 1 is 1.44 bits per heavy atom. The molecule has 1 unspecified atom stereocenters. The Hall–Kier alpha value is -1.21. The fourth-order valence-electron chi connectivity index (χ4n) is 1.46. The summed E-state index contributed by atoms with van der Waals surface area (Å²) in [4.78, 5) is 11.7. The Morgan fingerprint density at radius 3 is 2.67 bits per heavy atom. The van der Waals surface area contributed by atoms with Crippen LogP contribution in [0.3, 0.4) is 0 Å². The van der Waals surface area contributed by atoms with Crippen molar-refractivity contribution in [3.05, 3.63) is 5.01 Å². The van der Waals surface area contributed by atoms with Crippen LogP contribution in [-0.2, 0) is 6.42 Å². The number of nitrogens with one attached hydrogen (secondary N) is 2. The van der Waals surface area contributed by atoms with Crippen molar-refractivity contribution in [2.75, 3.05) is 11.9 Å². The van der Waals surface area contributed by atoms with Gasteiger partial charge in [0, 0.05) is 12.6 Å². The molecule has 0 bridgehead atoms. The highest BCUT2D eigenvalue weighted by atomic mass is 32.1. The van der Waals surface area contributed by atoms with Gasteiger partial charge in [0.05, 0.1) is 0 Å². The SMILES string of the molecule is CCc1nnc(NC(=O)NC(CCO)C(C)C)s1. The number of aliphatic hydroxyl groups is 1. The van der Waals surface area contributed by atoms with Gasteiger partial charge in [-0.05, 0) is 18.8 Å². The summed E-state index contributed by atoms with van der Waals surface area (Å²) in [5.41, 5.74) is 0. The van der Waals surface area contributed by atoms with Gasteiger partial charge in [-0.2, -0.15) is 0 Å². The minimum absolute atomic E-state index is 0.0476. The summed E-state index contributed by atoms with van der Waals surface area (Å²) < 4.78 is 0. The molecule has 102 valence electrons. The fourth-order valence-corrected chi connectivity index (χ4v) is 2.13. The molecule has 0 fully saturated rings. The minimum Gasteiger partial charge on any atom is -0.396 e. The van der Waals surface area contributed by atoms with E-state index < -0.39 is 0 Å². The lowest BCUT2D eigenvalue weighted by molar-refractivity contribution is 0.227. The van der Waals surface area contributed by atoms with E-state index in [1.807, 2.05) is 20.8 Å². The molecule has 1 aromatic heterocycles. The molecule has 0 aliphatic rings. The van der Waals surface area contributed by atoms with Crippen molar-refractivity contribution >= 4 is 22.5 Å². The standard InChI is InChI=1S/C11H20N4O2S/c1-4-9-14-15-11(18-9)13-10(17)12-8(5-6-16)7(2)3/h7-8,16H,4-6H2,1-3H3,(H2,12,13,15,17). The largest absolute Gasteiger partial charge is 0.396 e. The molecule has 7 heteroatoms. The maximum Gasteiger partial charge on any atom is 0.321 e. The van der Waals surface area contributed by atoms with Crippen molar-refractivity contribution in [3.63, 3.8) is 0 Å². The van der Waals surface area contributed by atoms with Gasteiger partial charge >= 0.3 is 6.03 Å². The van der Waals surface area contributed by atoms with Crippen molar-refractivity contribution in [1.82, 2.24) is 15.5 Å². The second kappa shape index (κ2) is 7.27. The van der Waals surface area contributed by atoms with Gasteiger partial charge in [0.2, 0.25) is 5.13 Å². The predicted octanol–water partition coefficient (Wildman–Crippen LogP) is 1.63. The topological polar surface area (TPSA) is 87.1 Å². The summed E-state index contributed by atoms with van der Waals surface area (Å²) >= 11 is 1.37. The average molecular weight is 272 g/mol. The quantitative estimate of drug-likeness (QED) is 0.734. The number of carbonyl (C=O) groups excluding carboxylic acids is 1. The third-order valence-corrected chi connectivity index (χ3v) is 3.53. The zero-order valence-electron chi connectivity index (χ0n) is 10.9. The Labute approximate surface area is 111 Å². The van der Waals surface area contributed by atoms with Gasteiger partial charge in [-0.15, -0.1) is 10.2 Å². The fraction of sp³-hybridized carbons (Fsp3) is 0.727. The molecule has 0 saturated heterocycles. The summed E-state index contributed by atoms with van der Waals surface area (Å²) in [6.45, 7) is 6.05. The van der Waals surface area contributed by atoms with E-state index in [0.717, 1.165) is 11.4 Å². The van der Waals surface area contributed by atoms with Gasteiger partial charge in [-0.3, -0.25) is 5.32 Å². The molecular formula is C11H20N4O2S. The van der Waals surface area contributed by atoms with Gasteiger partial charge in [0.25, 0.3) is 0 Å². The van der Waals surface area contributed by atoms with E-state index in [-0.39, 0.29) is 24.6 Å². The average Bonchev–Trinajstić information content (AvgIpc) is 2.76. The highest BCUT2D eigenvalue weighted by molar-refractivity contribution is 7.15. The molecule has 2 amide bonds. The number of urea groups is 1. The van der Waals surface area contributed by atoms with Crippen molar-refractivity contribution < 1.29 is 9.90 Å². The first kappa shape index (κ1) is 14.8. The van der Waals surface area contributed by atoms with Gasteiger partial charge in [0.15, 0.2) is 0 Å². The van der Waals surface area contributed by atoms with Crippen LogP contribution < -0.4 is 10.6 Å². The van der Waals surface area contributed by atoms with E-state index in [4.69, 9.17) is 5.11 Å². The highest BCUT2D eigenvalue weighted by Gasteiger charge is 2.16. The maximum atomic E-state index is 11.7. The number of hydrogen-bond donors (Lipinski definition) is 3. The molecule has 1 heterocycles. The van der Waals surface area contributed by atoms with Crippen molar-refractivity contribution in [3.8, 4) is 0 Å². The lowest BCUT2D eigenvalue weighted by Gasteiger charge is -2.21. The van der Waals surface area contributed by atoms with Gasteiger partial charge in [-0.1, -0.05) is 32.1 Å². The van der Waals surface area contributed by atoms with E-state index in [0.29, 0.717) is 11.6 Å². The number of amides is 2. The van der Waals surface area contributed by atoms with Crippen LogP contribution in [0.15, 0.2) is 0 Å². The summed E-state index contributed by atoms with van der Waals surface area (Å²) in [5.74, 6) is 0.267. The molecule has 1 rings (SSSR count). The Kier molecular flexibility index (Phi) is 6.00. The third kappa shape index (κ3) is 4.58. The number of rotatable bonds is 6. The second-order valence-corrected chi connectivity index (χ2v) is 5.38. The van der Waals surface area contributed by atoms with Crippen LogP contribution >= 0.6 is 11.3 Å². The van der Waals surface area contributed by atoms with Crippen molar-refractivity contribution in [2.24, 2.45) is 5.92 Å². The number of aliphatic hydroxyl groups excluding tert-OH is 1. The predicted molar refractivity (Wildman–Crippen MR) is 71.8 cm³/mol. The maximum absolute atomic E-state index is 11.7. The Balaban J connectivity index is 2.49. The summed E-state index contributed by atoms with van der Waals surface area (Å²) in [6.07, 6.45) is 1.35. The zero-order chi connectivity index (χ0) is 13.5. The van der Waals surface area contributed by atoms with Crippen LogP contribution in [-0.4, -0.2) is 34.0 Å². The van der Waals surface area contributed by atoms with Crippen LogP contribution in [0.4, 0.5) is 9.93 Å². The van der Waals surface area contributed by atoms with Crippen LogP contribution in [0.5, 0.6) is 0 Å². The number of aryl methyl sites for hydroxylation is 1. The Morgan fingerprint density at radius 2 is 2.17 bits per heavy atom. The number of aromatic nitrogens is 2. The van der Waals surface area contributed by atoms with Crippen molar-refractivity contribution in [2.45, 2.75) is 39.7 Å². The number of hydrogen-bond acceptors (Lipinski definition) is 5. The van der Waals surface area contributed by atoms with E-state index in [9.17, 15) is 4.79 Å². The minimum atomic E-state index is -0.305. The second-order valence-electron chi connectivity index (χ2n) is 4.32. The summed E-state index contributed by atoms with van der Waals surface area (Å²) in [5, 5.41) is 23.6. The smallest absolute Gasteiger partial charge is 0.321 e. The molecular weight excluding hydrogens is 252 g/mol. The molecule has 1 atom stereocenters. The lowest BCUT2D eigenvalue weighted by Crippen LogP contribution is -2.41. The Bertz CT molecular complexity index is 381. The number of anilines is 1. The molecule has 1 aromatic rings. The number of carbonyl (C=O) groups is 1. The molecule has 0 spiro atoms. The molecule has 0 aliphatic carbocycles. The van der Waals surface area contributed by atoms with Crippen LogP contribution in [0.25, 0.3) is 0 Å². The zero-order valence-corrected chi connectivity index (χ0v) is 11.8. The van der Waals surface area contributed by atoms with E-state index >= 15 is 0 Å². The molecule has 0 aromatic carbocycles. The third-order valence-electron chi connectivity index (χ3n) is 2.55. The summed E-state index contributed by atoms with van der Waals surface area (Å²) in [6, 6.07) is -0.352. The molecule has 0 saturated carbocycles. The highest BCUT2D eigenvalue weighted by Crippen LogP contribution is 2.15. The molecule has 6 nitrogen and oxygen atoms in total. The van der Waals surface area contributed by atoms with E-state index in [2.05, 4.69) is 20.8 Å². The number of nitrogens with zero attached hydrogens (tertiary/aromatic N) is 2. The van der Waals surface area contributed by atoms with Crippen LogP contribution in [0.2, 0.25) is 0 Å². The van der Waals surface area contributed by atoms with Gasteiger partial charge < -0.3 is 10.4 Å². The molecule has 18 heavy (non-hydrogen) atoms.